The lowest BCUT2D eigenvalue weighted by molar-refractivity contribution is -0.0180. The summed E-state index contributed by atoms with van der Waals surface area (Å²) in [6.45, 7) is 5.67. The van der Waals surface area contributed by atoms with E-state index in [1.165, 1.54) is 37.7 Å². The van der Waals surface area contributed by atoms with Gasteiger partial charge in [0.2, 0.25) is 0 Å². The fraction of sp³-hybridized carbons (Fsp3) is 0.667. The van der Waals surface area contributed by atoms with Gasteiger partial charge in [0.1, 0.15) is 11.4 Å². The maximum absolute atomic E-state index is 6.55. The molecule has 0 saturated heterocycles. The fourth-order valence-corrected chi connectivity index (χ4v) is 4.37. The molecule has 2 aliphatic rings. The van der Waals surface area contributed by atoms with Crippen LogP contribution in [0.25, 0.3) is 0 Å². The van der Waals surface area contributed by atoms with Gasteiger partial charge in [0.05, 0.1) is 0 Å². The lowest BCUT2D eigenvalue weighted by Gasteiger charge is -2.46. The highest BCUT2D eigenvalue weighted by Crippen LogP contribution is 2.47. The Bertz CT molecular complexity index is 504. The molecule has 2 nitrogen and oxygen atoms in total. The van der Waals surface area contributed by atoms with Crippen LogP contribution in [0.1, 0.15) is 64.0 Å². The first-order valence-electron chi connectivity index (χ1n) is 8.34. The Labute approximate surface area is 136 Å². The van der Waals surface area contributed by atoms with Crippen molar-refractivity contribution in [3.05, 3.63) is 28.2 Å². The van der Waals surface area contributed by atoms with Gasteiger partial charge in [0.25, 0.3) is 0 Å². The van der Waals surface area contributed by atoms with Crippen molar-refractivity contribution >= 4 is 15.9 Å². The fourth-order valence-electron chi connectivity index (χ4n) is 4.03. The number of rotatable bonds is 3. The average molecular weight is 352 g/mol. The van der Waals surface area contributed by atoms with Gasteiger partial charge >= 0.3 is 0 Å². The summed E-state index contributed by atoms with van der Waals surface area (Å²) in [6.07, 6.45) is 7.34. The highest BCUT2D eigenvalue weighted by molar-refractivity contribution is 9.10. The smallest absolute Gasteiger partial charge is 0.126 e. The zero-order chi connectivity index (χ0) is 14.9. The molecule has 1 saturated carbocycles. The Balaban J connectivity index is 1.90. The van der Waals surface area contributed by atoms with Crippen LogP contribution in [-0.2, 0) is 0 Å². The number of halogens is 1. The number of ether oxygens (including phenoxy) is 1. The summed E-state index contributed by atoms with van der Waals surface area (Å²) < 4.78 is 7.66. The lowest BCUT2D eigenvalue weighted by Crippen LogP contribution is -2.47. The second kappa shape index (κ2) is 6.29. The first-order chi connectivity index (χ1) is 10.1. The summed E-state index contributed by atoms with van der Waals surface area (Å²) in [7, 11) is 0. The summed E-state index contributed by atoms with van der Waals surface area (Å²) in [4.78, 5) is 0. The molecule has 0 aromatic heterocycles. The molecule has 0 radical (unpaired) electrons. The van der Waals surface area contributed by atoms with Crippen LogP contribution in [0.15, 0.2) is 22.7 Å². The normalized spacial score (nSPS) is 31.8. The molecule has 0 bridgehead atoms. The maximum Gasteiger partial charge on any atom is 0.126 e. The third-order valence-corrected chi connectivity index (χ3v) is 5.44. The topological polar surface area (TPSA) is 21.3 Å². The van der Waals surface area contributed by atoms with Gasteiger partial charge in [0.15, 0.2) is 0 Å². The summed E-state index contributed by atoms with van der Waals surface area (Å²) in [5.41, 5.74) is 1.38. The molecular formula is C18H26BrNO. The monoisotopic (exact) mass is 351 g/mol. The van der Waals surface area contributed by atoms with E-state index in [2.05, 4.69) is 53.3 Å². The standard InChI is InChI=1S/C18H26BrNO/c1-3-9-20-16-12-18(8-4-5-13(2)11-18)21-17-10-14(19)6-7-15(16)17/h6-7,10,13,16,20H,3-5,8-9,11-12H2,1-2H3. The molecule has 1 aromatic rings. The number of benzene rings is 1. The Morgan fingerprint density at radius 1 is 1.38 bits per heavy atom. The number of nitrogens with one attached hydrogen (secondary N) is 1. The summed E-state index contributed by atoms with van der Waals surface area (Å²) in [6, 6.07) is 6.93. The minimum Gasteiger partial charge on any atom is -0.487 e. The van der Waals surface area contributed by atoms with Crippen molar-refractivity contribution in [3.8, 4) is 5.75 Å². The third-order valence-electron chi connectivity index (χ3n) is 4.94. The molecule has 1 aromatic carbocycles. The Kier molecular flexibility index (Phi) is 4.60. The Hall–Kier alpha value is -0.540. The maximum atomic E-state index is 6.55. The number of hydrogen-bond donors (Lipinski definition) is 1. The van der Waals surface area contributed by atoms with E-state index >= 15 is 0 Å². The lowest BCUT2D eigenvalue weighted by atomic mass is 9.73. The second-order valence-electron chi connectivity index (χ2n) is 6.88. The summed E-state index contributed by atoms with van der Waals surface area (Å²) in [5, 5.41) is 3.74. The van der Waals surface area contributed by atoms with Gasteiger partial charge < -0.3 is 10.1 Å². The predicted octanol–water partition coefficient (Wildman–Crippen LogP) is 5.22. The molecule has 3 atom stereocenters. The first kappa shape index (κ1) is 15.4. The van der Waals surface area contributed by atoms with E-state index in [-0.39, 0.29) is 5.60 Å². The van der Waals surface area contributed by atoms with Gasteiger partial charge in [-0.1, -0.05) is 42.3 Å². The molecule has 1 aliphatic carbocycles. The van der Waals surface area contributed by atoms with Crippen molar-refractivity contribution in [2.75, 3.05) is 6.54 Å². The molecule has 1 aliphatic heterocycles. The predicted molar refractivity (Wildman–Crippen MR) is 90.8 cm³/mol. The molecule has 0 amide bonds. The SMILES string of the molecule is CCCNC1CC2(CCCC(C)C2)Oc2cc(Br)ccc21. The van der Waals surface area contributed by atoms with Gasteiger partial charge in [-0.15, -0.1) is 0 Å². The van der Waals surface area contributed by atoms with Crippen LogP contribution in [0.3, 0.4) is 0 Å². The van der Waals surface area contributed by atoms with Gasteiger partial charge in [0, 0.05) is 22.5 Å². The molecule has 1 fully saturated rings. The van der Waals surface area contributed by atoms with Crippen LogP contribution in [0.4, 0.5) is 0 Å². The van der Waals surface area contributed by atoms with Crippen LogP contribution < -0.4 is 10.1 Å². The molecule has 3 heteroatoms. The van der Waals surface area contributed by atoms with E-state index in [0.29, 0.717) is 6.04 Å². The van der Waals surface area contributed by atoms with Crippen LogP contribution in [0, 0.1) is 5.92 Å². The van der Waals surface area contributed by atoms with Crippen molar-refractivity contribution in [2.24, 2.45) is 5.92 Å². The molecule has 1 spiro atoms. The van der Waals surface area contributed by atoms with Crippen LogP contribution in [0.5, 0.6) is 5.75 Å². The van der Waals surface area contributed by atoms with Crippen LogP contribution in [0.2, 0.25) is 0 Å². The van der Waals surface area contributed by atoms with Gasteiger partial charge in [-0.25, -0.2) is 0 Å². The Morgan fingerprint density at radius 3 is 3.00 bits per heavy atom. The van der Waals surface area contributed by atoms with Gasteiger partial charge in [-0.3, -0.25) is 0 Å². The first-order valence-corrected chi connectivity index (χ1v) is 9.13. The average Bonchev–Trinajstić information content (AvgIpc) is 2.44. The summed E-state index contributed by atoms with van der Waals surface area (Å²) in [5.74, 6) is 1.86. The Morgan fingerprint density at radius 2 is 2.24 bits per heavy atom. The third kappa shape index (κ3) is 3.29. The summed E-state index contributed by atoms with van der Waals surface area (Å²) >= 11 is 3.59. The molecule has 116 valence electrons. The molecule has 1 heterocycles. The number of fused-ring (bicyclic) bond motifs is 1. The van der Waals surface area contributed by atoms with E-state index < -0.39 is 0 Å². The van der Waals surface area contributed by atoms with E-state index in [9.17, 15) is 0 Å². The molecule has 3 rings (SSSR count). The minimum atomic E-state index is 0.0524. The van der Waals surface area contributed by atoms with Crippen molar-refractivity contribution in [1.29, 1.82) is 0 Å². The van der Waals surface area contributed by atoms with Crippen molar-refractivity contribution < 1.29 is 4.74 Å². The van der Waals surface area contributed by atoms with E-state index in [0.717, 1.165) is 29.1 Å². The van der Waals surface area contributed by atoms with E-state index in [1.54, 1.807) is 0 Å². The van der Waals surface area contributed by atoms with Crippen molar-refractivity contribution in [3.63, 3.8) is 0 Å². The quantitative estimate of drug-likeness (QED) is 0.805. The van der Waals surface area contributed by atoms with Gasteiger partial charge in [-0.05, 0) is 50.3 Å². The van der Waals surface area contributed by atoms with E-state index in [1.807, 2.05) is 0 Å². The zero-order valence-electron chi connectivity index (χ0n) is 13.1. The number of hydrogen-bond acceptors (Lipinski definition) is 2. The van der Waals surface area contributed by atoms with Crippen molar-refractivity contribution in [1.82, 2.24) is 5.32 Å². The molecule has 3 unspecified atom stereocenters. The van der Waals surface area contributed by atoms with Crippen LogP contribution >= 0.6 is 15.9 Å². The van der Waals surface area contributed by atoms with E-state index in [4.69, 9.17) is 4.74 Å². The highest BCUT2D eigenvalue weighted by Gasteiger charge is 2.43. The molecule has 21 heavy (non-hydrogen) atoms. The van der Waals surface area contributed by atoms with Crippen molar-refractivity contribution in [2.45, 2.75) is 64.0 Å². The second-order valence-corrected chi connectivity index (χ2v) is 7.80. The zero-order valence-corrected chi connectivity index (χ0v) is 14.7. The molecule has 1 N–H and O–H groups in total. The largest absolute Gasteiger partial charge is 0.487 e. The van der Waals surface area contributed by atoms with Crippen LogP contribution in [-0.4, -0.2) is 12.1 Å². The minimum absolute atomic E-state index is 0.0524. The molecular weight excluding hydrogens is 326 g/mol. The highest BCUT2D eigenvalue weighted by atomic mass is 79.9. The van der Waals surface area contributed by atoms with Gasteiger partial charge in [-0.2, -0.15) is 0 Å².